The normalized spacial score (nSPS) is 28.2. The molecule has 1 saturated carbocycles. The van der Waals surface area contributed by atoms with E-state index in [9.17, 15) is 4.79 Å². The van der Waals surface area contributed by atoms with Crippen LogP contribution < -0.4 is 14.8 Å². The Bertz CT molecular complexity index is 1070. The molecule has 0 aromatic heterocycles. The SMILES string of the molecule is COc1cc(OC)cc(-c2ccc3c(c2)CCC2(CC2)C3NC(=O)O[C@@H]2CN3CCC2CC3)c1. The largest absolute Gasteiger partial charge is 0.497 e. The molecule has 3 aliphatic heterocycles. The van der Waals surface area contributed by atoms with Crippen molar-refractivity contribution >= 4 is 6.09 Å². The Hall–Kier alpha value is -2.73. The molecule has 3 saturated heterocycles. The lowest BCUT2D eigenvalue weighted by Crippen LogP contribution is -2.53. The van der Waals surface area contributed by atoms with Crippen LogP contribution in [0.15, 0.2) is 36.4 Å². The number of nitrogens with zero attached hydrogens (tertiary/aromatic N) is 1. The molecule has 7 rings (SSSR count). The van der Waals surface area contributed by atoms with Crippen molar-refractivity contribution in [2.24, 2.45) is 11.3 Å². The highest BCUT2D eigenvalue weighted by molar-refractivity contribution is 5.71. The first-order valence-electron chi connectivity index (χ1n) is 12.6. The number of nitrogens with one attached hydrogen (secondary N) is 1. The van der Waals surface area contributed by atoms with E-state index >= 15 is 0 Å². The Morgan fingerprint density at radius 2 is 1.71 bits per heavy atom. The number of carbonyl (C=O) groups is 1. The predicted octanol–water partition coefficient (Wildman–Crippen LogP) is 4.96. The van der Waals surface area contributed by atoms with Gasteiger partial charge in [-0.05, 0) is 97.3 Å². The van der Waals surface area contributed by atoms with Gasteiger partial charge in [0.2, 0.25) is 0 Å². The Balaban J connectivity index is 1.23. The number of benzene rings is 2. The van der Waals surface area contributed by atoms with Gasteiger partial charge in [0, 0.05) is 12.6 Å². The second kappa shape index (κ2) is 8.49. The van der Waals surface area contributed by atoms with Crippen LogP contribution in [0.5, 0.6) is 11.5 Å². The summed E-state index contributed by atoms with van der Waals surface area (Å²) >= 11 is 0. The molecule has 2 aromatic carbocycles. The van der Waals surface area contributed by atoms with Gasteiger partial charge >= 0.3 is 6.09 Å². The zero-order valence-electron chi connectivity index (χ0n) is 20.1. The number of hydrogen-bond donors (Lipinski definition) is 1. The van der Waals surface area contributed by atoms with E-state index in [0.717, 1.165) is 67.9 Å². The van der Waals surface area contributed by atoms with Gasteiger partial charge in [-0.15, -0.1) is 0 Å². The summed E-state index contributed by atoms with van der Waals surface area (Å²) in [7, 11) is 3.34. The lowest BCUT2D eigenvalue weighted by atomic mass is 9.76. The van der Waals surface area contributed by atoms with E-state index in [2.05, 4.69) is 28.4 Å². The van der Waals surface area contributed by atoms with Crippen LogP contribution in [-0.4, -0.2) is 51.0 Å². The topological polar surface area (TPSA) is 60.0 Å². The summed E-state index contributed by atoms with van der Waals surface area (Å²) in [4.78, 5) is 15.5. The van der Waals surface area contributed by atoms with Gasteiger partial charge < -0.3 is 19.5 Å². The molecule has 1 unspecified atom stereocenters. The number of piperidine rings is 3. The van der Waals surface area contributed by atoms with Crippen molar-refractivity contribution in [3.05, 3.63) is 47.5 Å². The maximum absolute atomic E-state index is 13.0. The van der Waals surface area contributed by atoms with Crippen molar-refractivity contribution in [1.29, 1.82) is 0 Å². The van der Waals surface area contributed by atoms with Gasteiger partial charge in [0.15, 0.2) is 0 Å². The monoisotopic (exact) mass is 462 g/mol. The Kier molecular flexibility index (Phi) is 5.44. The van der Waals surface area contributed by atoms with Gasteiger partial charge in [0.25, 0.3) is 0 Å². The lowest BCUT2D eigenvalue weighted by Gasteiger charge is -2.44. The van der Waals surface area contributed by atoms with E-state index in [1.54, 1.807) is 14.2 Å². The smallest absolute Gasteiger partial charge is 0.407 e. The Morgan fingerprint density at radius 1 is 0.971 bits per heavy atom. The molecule has 1 spiro atoms. The third-order valence-corrected chi connectivity index (χ3v) is 8.65. The fourth-order valence-corrected chi connectivity index (χ4v) is 6.38. The van der Waals surface area contributed by atoms with Gasteiger partial charge in [-0.1, -0.05) is 18.2 Å². The average molecular weight is 463 g/mol. The molecule has 1 N–H and O–H groups in total. The average Bonchev–Trinajstić information content (AvgIpc) is 3.66. The van der Waals surface area contributed by atoms with E-state index in [1.165, 1.54) is 24.0 Å². The zero-order valence-corrected chi connectivity index (χ0v) is 20.1. The Morgan fingerprint density at radius 3 is 2.32 bits per heavy atom. The highest BCUT2D eigenvalue weighted by atomic mass is 16.6. The Labute approximate surface area is 201 Å². The van der Waals surface area contributed by atoms with Gasteiger partial charge in [0.05, 0.1) is 20.3 Å². The molecule has 34 heavy (non-hydrogen) atoms. The molecule has 1 amide bonds. The van der Waals surface area contributed by atoms with Crippen LogP contribution in [0.1, 0.15) is 49.3 Å². The van der Waals surface area contributed by atoms with Crippen LogP contribution in [0.2, 0.25) is 0 Å². The molecule has 2 aliphatic carbocycles. The number of aryl methyl sites for hydroxylation is 1. The second-order valence-electron chi connectivity index (χ2n) is 10.5. The molecule has 2 aromatic rings. The standard InChI is InChI=1S/C28H34N2O4/c1-32-22-14-21(15-23(16-22)33-2)19-3-4-24-20(13-19)5-8-28(9-10-28)26(24)29-27(31)34-25-17-30-11-6-18(25)7-12-30/h3-4,13-16,18,25-26H,5-12,17H2,1-2H3,(H,29,31)/t25-,26?/m1/s1. The summed E-state index contributed by atoms with van der Waals surface area (Å²) in [5.74, 6) is 2.07. The number of rotatable bonds is 5. The van der Waals surface area contributed by atoms with Crippen LogP contribution in [0, 0.1) is 11.3 Å². The number of ether oxygens (including phenoxy) is 3. The molecule has 6 nitrogen and oxygen atoms in total. The fourth-order valence-electron chi connectivity index (χ4n) is 6.38. The van der Waals surface area contributed by atoms with Gasteiger partial charge in [-0.2, -0.15) is 0 Å². The number of amides is 1. The first-order chi connectivity index (χ1) is 16.6. The third kappa shape index (κ3) is 3.92. The quantitative estimate of drug-likeness (QED) is 0.681. The van der Waals surface area contributed by atoms with Crippen LogP contribution in [0.4, 0.5) is 4.79 Å². The summed E-state index contributed by atoms with van der Waals surface area (Å²) in [6.07, 6.45) is 6.57. The van der Waals surface area contributed by atoms with E-state index in [1.807, 2.05) is 18.2 Å². The summed E-state index contributed by atoms with van der Waals surface area (Å²) in [6.45, 7) is 3.18. The molecule has 0 radical (unpaired) electrons. The zero-order chi connectivity index (χ0) is 23.3. The number of fused-ring (bicyclic) bond motifs is 4. The summed E-state index contributed by atoms with van der Waals surface area (Å²) in [5.41, 5.74) is 4.95. The van der Waals surface area contributed by atoms with Gasteiger partial charge in [0.1, 0.15) is 17.6 Å². The van der Waals surface area contributed by atoms with Crippen molar-refractivity contribution in [1.82, 2.24) is 10.2 Å². The first kappa shape index (κ1) is 21.8. The molecule has 5 aliphatic rings. The molecule has 3 heterocycles. The van der Waals surface area contributed by atoms with E-state index in [0.29, 0.717) is 5.92 Å². The van der Waals surface area contributed by atoms with Crippen molar-refractivity contribution in [3.8, 4) is 22.6 Å². The molecule has 2 atom stereocenters. The molecule has 2 bridgehead atoms. The minimum Gasteiger partial charge on any atom is -0.497 e. The highest BCUT2D eigenvalue weighted by Gasteiger charge is 2.53. The minimum absolute atomic E-state index is 0.0266. The predicted molar refractivity (Wildman–Crippen MR) is 130 cm³/mol. The van der Waals surface area contributed by atoms with Gasteiger partial charge in [-0.3, -0.25) is 4.90 Å². The minimum atomic E-state index is -0.246. The van der Waals surface area contributed by atoms with Crippen molar-refractivity contribution in [2.75, 3.05) is 33.9 Å². The highest BCUT2D eigenvalue weighted by Crippen LogP contribution is 2.61. The molecular formula is C28H34N2O4. The number of methoxy groups -OCH3 is 2. The van der Waals surface area contributed by atoms with Crippen molar-refractivity contribution in [3.63, 3.8) is 0 Å². The van der Waals surface area contributed by atoms with E-state index in [4.69, 9.17) is 14.2 Å². The molecule has 180 valence electrons. The maximum Gasteiger partial charge on any atom is 0.407 e. The van der Waals surface area contributed by atoms with Gasteiger partial charge in [-0.25, -0.2) is 4.79 Å². The fraction of sp³-hybridized carbons (Fsp3) is 0.536. The van der Waals surface area contributed by atoms with Crippen LogP contribution in [0.3, 0.4) is 0 Å². The number of carbonyl (C=O) groups excluding carboxylic acids is 1. The van der Waals surface area contributed by atoms with E-state index in [-0.39, 0.29) is 23.7 Å². The molecule has 6 heteroatoms. The number of alkyl carbamates (subject to hydrolysis) is 1. The number of hydrogen-bond acceptors (Lipinski definition) is 5. The summed E-state index contributed by atoms with van der Waals surface area (Å²) in [5, 5.41) is 3.31. The first-order valence-corrected chi connectivity index (χ1v) is 12.6. The van der Waals surface area contributed by atoms with Crippen molar-refractivity contribution < 1.29 is 19.0 Å². The van der Waals surface area contributed by atoms with Crippen LogP contribution in [-0.2, 0) is 11.2 Å². The molecular weight excluding hydrogens is 428 g/mol. The van der Waals surface area contributed by atoms with E-state index < -0.39 is 0 Å². The van der Waals surface area contributed by atoms with Crippen LogP contribution in [0.25, 0.3) is 11.1 Å². The summed E-state index contributed by atoms with van der Waals surface area (Å²) in [6, 6.07) is 12.6. The maximum atomic E-state index is 13.0. The van der Waals surface area contributed by atoms with Crippen LogP contribution >= 0.6 is 0 Å². The van der Waals surface area contributed by atoms with Crippen molar-refractivity contribution in [2.45, 2.75) is 50.7 Å². The molecule has 4 fully saturated rings. The third-order valence-electron chi connectivity index (χ3n) is 8.65. The lowest BCUT2D eigenvalue weighted by molar-refractivity contribution is -0.0347. The summed E-state index contributed by atoms with van der Waals surface area (Å²) < 4.78 is 16.9. The second-order valence-corrected chi connectivity index (χ2v) is 10.5.